The van der Waals surface area contributed by atoms with E-state index in [0.717, 1.165) is 0 Å². The predicted molar refractivity (Wildman–Crippen MR) is 80.4 cm³/mol. The molecule has 9 heteroatoms. The number of nitrogens with zero attached hydrogens (tertiary/aromatic N) is 4. The Morgan fingerprint density at radius 3 is 2.68 bits per heavy atom. The van der Waals surface area contributed by atoms with Crippen LogP contribution >= 0.6 is 11.6 Å². The van der Waals surface area contributed by atoms with Gasteiger partial charge in [-0.1, -0.05) is 11.6 Å². The van der Waals surface area contributed by atoms with Gasteiger partial charge in [-0.3, -0.25) is 0 Å². The van der Waals surface area contributed by atoms with Gasteiger partial charge in [0.1, 0.15) is 5.75 Å². The first kappa shape index (κ1) is 15.3. The second-order valence-electron chi connectivity index (χ2n) is 4.95. The normalized spacial score (nSPS) is 19.5. The van der Waals surface area contributed by atoms with Crippen molar-refractivity contribution in [3.63, 3.8) is 0 Å². The summed E-state index contributed by atoms with van der Waals surface area (Å²) in [6.45, 7) is 0.777. The van der Waals surface area contributed by atoms with Gasteiger partial charge in [-0.25, -0.2) is 8.42 Å². The third-order valence-electron chi connectivity index (χ3n) is 3.65. The van der Waals surface area contributed by atoms with Crippen LogP contribution in [0.2, 0.25) is 5.02 Å². The van der Waals surface area contributed by atoms with Gasteiger partial charge in [0.2, 0.25) is 10.0 Å². The zero-order chi connectivity index (χ0) is 15.7. The number of halogens is 1. The van der Waals surface area contributed by atoms with Crippen LogP contribution in [0.4, 0.5) is 0 Å². The molecule has 1 aliphatic heterocycles. The van der Waals surface area contributed by atoms with Gasteiger partial charge in [0.05, 0.1) is 35.5 Å². The molecular weight excluding hydrogens is 328 g/mol. The van der Waals surface area contributed by atoms with E-state index in [-0.39, 0.29) is 16.0 Å². The second-order valence-corrected chi connectivity index (χ2v) is 7.30. The van der Waals surface area contributed by atoms with E-state index in [1.807, 2.05) is 0 Å². The highest BCUT2D eigenvalue weighted by Gasteiger charge is 2.34. The van der Waals surface area contributed by atoms with Gasteiger partial charge in [-0.15, -0.1) is 0 Å². The Morgan fingerprint density at radius 2 is 2.05 bits per heavy atom. The minimum Gasteiger partial charge on any atom is -0.495 e. The molecule has 0 spiro atoms. The molecule has 0 saturated carbocycles. The lowest BCUT2D eigenvalue weighted by Gasteiger charge is -2.17. The van der Waals surface area contributed by atoms with E-state index in [1.54, 1.807) is 23.3 Å². The van der Waals surface area contributed by atoms with Crippen LogP contribution in [0.1, 0.15) is 12.5 Å². The smallest absolute Gasteiger partial charge is 0.243 e. The third kappa shape index (κ3) is 2.69. The number of methoxy groups -OCH3 is 1. The van der Waals surface area contributed by atoms with Gasteiger partial charge in [0.15, 0.2) is 0 Å². The van der Waals surface area contributed by atoms with E-state index in [9.17, 15) is 8.42 Å². The SMILES string of the molecule is COc1ccc(S(=O)(=O)N2CCC(n3nccn3)C2)cc1Cl. The topological polar surface area (TPSA) is 77.3 Å². The molecule has 1 fully saturated rings. The Kier molecular flexibility index (Phi) is 4.07. The average molecular weight is 343 g/mol. The van der Waals surface area contributed by atoms with Crippen LogP contribution < -0.4 is 4.74 Å². The van der Waals surface area contributed by atoms with Crippen LogP contribution in [-0.4, -0.2) is 47.9 Å². The lowest BCUT2D eigenvalue weighted by Crippen LogP contribution is -2.29. The van der Waals surface area contributed by atoms with Gasteiger partial charge >= 0.3 is 0 Å². The minimum absolute atomic E-state index is 0.0431. The summed E-state index contributed by atoms with van der Waals surface area (Å²) in [7, 11) is -2.10. The molecule has 0 radical (unpaired) electrons. The minimum atomic E-state index is -3.59. The molecule has 1 atom stereocenters. The fourth-order valence-corrected chi connectivity index (χ4v) is 4.33. The molecule has 1 unspecified atom stereocenters. The molecule has 1 aliphatic rings. The molecular formula is C13H15ClN4O3S. The Labute approximate surface area is 133 Å². The van der Waals surface area contributed by atoms with Crippen LogP contribution in [0.15, 0.2) is 35.5 Å². The Hall–Kier alpha value is -1.64. The van der Waals surface area contributed by atoms with Crippen molar-refractivity contribution in [2.45, 2.75) is 17.4 Å². The van der Waals surface area contributed by atoms with Gasteiger partial charge < -0.3 is 4.74 Å². The maximum atomic E-state index is 12.7. The van der Waals surface area contributed by atoms with Crippen LogP contribution in [0.3, 0.4) is 0 Å². The van der Waals surface area contributed by atoms with Crippen LogP contribution in [0.5, 0.6) is 5.75 Å². The molecule has 0 aliphatic carbocycles. The molecule has 0 amide bonds. The van der Waals surface area contributed by atoms with E-state index < -0.39 is 10.0 Å². The molecule has 0 N–H and O–H groups in total. The molecule has 1 aromatic heterocycles. The lowest BCUT2D eigenvalue weighted by molar-refractivity contribution is 0.402. The van der Waals surface area contributed by atoms with Crippen molar-refractivity contribution in [2.75, 3.05) is 20.2 Å². The zero-order valence-electron chi connectivity index (χ0n) is 11.9. The Morgan fingerprint density at radius 1 is 1.32 bits per heavy atom. The molecule has 1 saturated heterocycles. The van der Waals surface area contributed by atoms with E-state index in [2.05, 4.69) is 10.2 Å². The van der Waals surface area contributed by atoms with E-state index in [0.29, 0.717) is 25.3 Å². The molecule has 1 aromatic carbocycles. The quantitative estimate of drug-likeness (QED) is 0.843. The maximum Gasteiger partial charge on any atom is 0.243 e. The molecule has 22 heavy (non-hydrogen) atoms. The van der Waals surface area contributed by atoms with E-state index >= 15 is 0 Å². The predicted octanol–water partition coefficient (Wildman–Crippen LogP) is 1.58. The van der Waals surface area contributed by atoms with Crippen LogP contribution in [0.25, 0.3) is 0 Å². The number of ether oxygens (including phenoxy) is 1. The first-order valence-electron chi connectivity index (χ1n) is 6.72. The summed E-state index contributed by atoms with van der Waals surface area (Å²) in [6, 6.07) is 4.42. The maximum absolute atomic E-state index is 12.7. The Balaban J connectivity index is 1.83. The number of aromatic nitrogens is 3. The van der Waals surface area contributed by atoms with Crippen molar-refractivity contribution in [1.82, 2.24) is 19.3 Å². The fraction of sp³-hybridized carbons (Fsp3) is 0.385. The first-order chi connectivity index (χ1) is 10.5. The summed E-state index contributed by atoms with van der Waals surface area (Å²) in [5, 5.41) is 8.41. The van der Waals surface area contributed by atoms with Gasteiger partial charge in [0.25, 0.3) is 0 Å². The number of sulfonamides is 1. The van der Waals surface area contributed by atoms with Crippen molar-refractivity contribution in [2.24, 2.45) is 0 Å². The summed E-state index contributed by atoms with van der Waals surface area (Å²) in [4.78, 5) is 1.71. The lowest BCUT2D eigenvalue weighted by atomic mass is 10.3. The monoisotopic (exact) mass is 342 g/mol. The number of hydrogen-bond acceptors (Lipinski definition) is 5. The largest absolute Gasteiger partial charge is 0.495 e. The van der Waals surface area contributed by atoms with Crippen molar-refractivity contribution in [3.8, 4) is 5.75 Å². The standard InChI is InChI=1S/C13H15ClN4O3S/c1-21-13-3-2-11(8-12(13)14)22(19,20)17-7-4-10(9-17)18-15-5-6-16-18/h2-3,5-6,8,10H,4,7,9H2,1H3. The first-order valence-corrected chi connectivity index (χ1v) is 8.53. The average Bonchev–Trinajstić information content (AvgIpc) is 3.18. The molecule has 7 nitrogen and oxygen atoms in total. The summed E-state index contributed by atoms with van der Waals surface area (Å²) < 4.78 is 31.8. The number of hydrogen-bond donors (Lipinski definition) is 0. The summed E-state index contributed by atoms with van der Waals surface area (Å²) in [5.41, 5.74) is 0. The molecule has 118 valence electrons. The second kappa shape index (κ2) is 5.86. The van der Waals surface area contributed by atoms with Crippen molar-refractivity contribution in [1.29, 1.82) is 0 Å². The summed E-state index contributed by atoms with van der Waals surface area (Å²) in [6.07, 6.45) is 3.85. The van der Waals surface area contributed by atoms with Gasteiger partial charge in [0, 0.05) is 13.1 Å². The fourth-order valence-electron chi connectivity index (χ4n) is 2.49. The zero-order valence-corrected chi connectivity index (χ0v) is 13.5. The van der Waals surface area contributed by atoms with E-state index in [4.69, 9.17) is 16.3 Å². The molecule has 2 heterocycles. The van der Waals surface area contributed by atoms with Gasteiger partial charge in [-0.2, -0.15) is 19.3 Å². The van der Waals surface area contributed by atoms with E-state index in [1.165, 1.54) is 23.5 Å². The molecule has 2 aromatic rings. The highest BCUT2D eigenvalue weighted by Crippen LogP contribution is 2.31. The van der Waals surface area contributed by atoms with Crippen molar-refractivity contribution >= 4 is 21.6 Å². The van der Waals surface area contributed by atoms with Crippen LogP contribution in [-0.2, 0) is 10.0 Å². The Bertz CT molecular complexity index is 764. The summed E-state index contributed by atoms with van der Waals surface area (Å²) in [5.74, 6) is 0.445. The summed E-state index contributed by atoms with van der Waals surface area (Å²) >= 11 is 6.02. The number of rotatable bonds is 4. The highest BCUT2D eigenvalue weighted by molar-refractivity contribution is 7.89. The van der Waals surface area contributed by atoms with Crippen LogP contribution in [0, 0.1) is 0 Å². The van der Waals surface area contributed by atoms with Gasteiger partial charge in [-0.05, 0) is 24.6 Å². The third-order valence-corrected chi connectivity index (χ3v) is 5.81. The van der Waals surface area contributed by atoms with Crippen molar-refractivity contribution < 1.29 is 13.2 Å². The van der Waals surface area contributed by atoms with Crippen molar-refractivity contribution in [3.05, 3.63) is 35.6 Å². The molecule has 0 bridgehead atoms. The number of benzene rings is 1. The highest BCUT2D eigenvalue weighted by atomic mass is 35.5. The molecule has 3 rings (SSSR count).